The van der Waals surface area contributed by atoms with Crippen LogP contribution in [0.15, 0.2) is 176 Å². The zero-order valence-electron chi connectivity index (χ0n) is 28.4. The molecule has 3 heterocycles. The van der Waals surface area contributed by atoms with E-state index in [4.69, 9.17) is 24.9 Å². The van der Waals surface area contributed by atoms with Gasteiger partial charge in [0.25, 0.3) is 0 Å². The normalized spacial score (nSPS) is 11.4. The third kappa shape index (κ3) is 5.81. The van der Waals surface area contributed by atoms with Crippen LogP contribution in [0.2, 0.25) is 0 Å². The van der Waals surface area contributed by atoms with Gasteiger partial charge in [0, 0.05) is 38.6 Å². The Morgan fingerprint density at radius 3 is 1.51 bits per heavy atom. The molecule has 5 nitrogen and oxygen atoms in total. The number of hydrogen-bond acceptors (Lipinski definition) is 6. The van der Waals surface area contributed by atoms with Crippen LogP contribution in [-0.2, 0) is 0 Å². The number of thiazole rings is 1. The number of hydrogen-bond donors (Lipinski definition) is 0. The molecule has 0 N–H and O–H groups in total. The predicted octanol–water partition coefficient (Wildman–Crippen LogP) is 12.2. The second kappa shape index (κ2) is 13.0. The molecule has 248 valence electrons. The van der Waals surface area contributed by atoms with Gasteiger partial charge in [0.15, 0.2) is 17.5 Å². The minimum Gasteiger partial charge on any atom is -0.247 e. The molecular formula is C47H29N5S. The maximum atomic E-state index is 5.30. The van der Waals surface area contributed by atoms with Crippen molar-refractivity contribution in [3.05, 3.63) is 176 Å². The van der Waals surface area contributed by atoms with E-state index in [1.165, 1.54) is 0 Å². The monoisotopic (exact) mass is 695 g/mol. The van der Waals surface area contributed by atoms with E-state index in [9.17, 15) is 0 Å². The number of para-hydroxylation sites is 1. The summed E-state index contributed by atoms with van der Waals surface area (Å²) in [5, 5.41) is 4.39. The van der Waals surface area contributed by atoms with E-state index in [0.29, 0.717) is 17.5 Å². The summed E-state index contributed by atoms with van der Waals surface area (Å²) >= 11 is 1.71. The van der Waals surface area contributed by atoms with Gasteiger partial charge < -0.3 is 0 Å². The van der Waals surface area contributed by atoms with E-state index in [2.05, 4.69) is 103 Å². The Bertz CT molecular complexity index is 2880. The molecule has 3 aromatic heterocycles. The van der Waals surface area contributed by atoms with Gasteiger partial charge in [-0.05, 0) is 52.9 Å². The summed E-state index contributed by atoms with van der Waals surface area (Å²) in [7, 11) is 0. The fourth-order valence-electron chi connectivity index (χ4n) is 6.93. The van der Waals surface area contributed by atoms with Gasteiger partial charge in [0.1, 0.15) is 5.01 Å². The van der Waals surface area contributed by atoms with Gasteiger partial charge in [0.2, 0.25) is 0 Å². The van der Waals surface area contributed by atoms with Crippen molar-refractivity contribution < 1.29 is 0 Å². The molecule has 10 rings (SSSR count). The first-order chi connectivity index (χ1) is 26.2. The number of benzene rings is 7. The Labute approximate surface area is 310 Å². The second-order valence-electron chi connectivity index (χ2n) is 12.9. The summed E-state index contributed by atoms with van der Waals surface area (Å²) in [6.07, 6.45) is 0. The average molecular weight is 696 g/mol. The molecule has 0 aliphatic heterocycles. The van der Waals surface area contributed by atoms with Crippen LogP contribution < -0.4 is 0 Å². The van der Waals surface area contributed by atoms with E-state index >= 15 is 0 Å². The summed E-state index contributed by atoms with van der Waals surface area (Å²) in [4.78, 5) is 25.5. The van der Waals surface area contributed by atoms with Gasteiger partial charge in [-0.2, -0.15) is 0 Å². The molecule has 0 aliphatic carbocycles. The van der Waals surface area contributed by atoms with Gasteiger partial charge in [-0.3, -0.25) is 0 Å². The van der Waals surface area contributed by atoms with Crippen molar-refractivity contribution in [3.8, 4) is 67.1 Å². The molecule has 0 saturated heterocycles. The molecule has 0 amide bonds. The van der Waals surface area contributed by atoms with Crippen molar-refractivity contribution in [3.63, 3.8) is 0 Å². The van der Waals surface area contributed by atoms with Crippen LogP contribution in [0.25, 0.3) is 99.0 Å². The van der Waals surface area contributed by atoms with Crippen LogP contribution in [0, 0.1) is 0 Å². The quantitative estimate of drug-likeness (QED) is 0.162. The molecule has 0 aliphatic rings. The SMILES string of the molecule is c1ccc(-c2nc(-c3ccccc3)nc(-c3cc(-c4ccc5nc(-c6ccccc6)sc5c4)cc(-c4nc5ccccc5c5ccccc45)c3)n2)cc1. The first kappa shape index (κ1) is 30.9. The van der Waals surface area contributed by atoms with Gasteiger partial charge in [0.05, 0.1) is 21.4 Å². The summed E-state index contributed by atoms with van der Waals surface area (Å²) in [5.41, 5.74) is 9.79. The number of fused-ring (bicyclic) bond motifs is 4. The maximum Gasteiger partial charge on any atom is 0.164 e. The van der Waals surface area contributed by atoms with Crippen LogP contribution in [0.3, 0.4) is 0 Å². The number of nitrogens with zero attached hydrogens (tertiary/aromatic N) is 5. The van der Waals surface area contributed by atoms with Gasteiger partial charge >= 0.3 is 0 Å². The van der Waals surface area contributed by atoms with E-state index in [1.807, 2.05) is 72.8 Å². The van der Waals surface area contributed by atoms with Crippen molar-refractivity contribution in [2.75, 3.05) is 0 Å². The highest BCUT2D eigenvalue weighted by molar-refractivity contribution is 7.21. The molecule has 6 heteroatoms. The Kier molecular flexibility index (Phi) is 7.59. The van der Waals surface area contributed by atoms with E-state index in [1.54, 1.807) is 11.3 Å². The minimum absolute atomic E-state index is 0.594. The molecule has 0 fully saturated rings. The van der Waals surface area contributed by atoms with Crippen molar-refractivity contribution >= 4 is 43.2 Å². The molecule has 10 aromatic rings. The topological polar surface area (TPSA) is 64.5 Å². The molecule has 0 spiro atoms. The lowest BCUT2D eigenvalue weighted by Crippen LogP contribution is -2.00. The largest absolute Gasteiger partial charge is 0.247 e. The second-order valence-corrected chi connectivity index (χ2v) is 14.0. The van der Waals surface area contributed by atoms with Gasteiger partial charge in [-0.1, -0.05) is 140 Å². The van der Waals surface area contributed by atoms with Crippen molar-refractivity contribution in [2.45, 2.75) is 0 Å². The fourth-order valence-corrected chi connectivity index (χ4v) is 7.94. The molecular weight excluding hydrogens is 667 g/mol. The van der Waals surface area contributed by atoms with Gasteiger partial charge in [-0.25, -0.2) is 24.9 Å². The molecule has 53 heavy (non-hydrogen) atoms. The first-order valence-corrected chi connectivity index (χ1v) is 18.3. The molecule has 0 radical (unpaired) electrons. The fraction of sp³-hybridized carbons (Fsp3) is 0. The number of aromatic nitrogens is 5. The van der Waals surface area contributed by atoms with Crippen LogP contribution in [-0.4, -0.2) is 24.9 Å². The molecule has 0 saturated carbocycles. The van der Waals surface area contributed by atoms with Crippen LogP contribution in [0.5, 0.6) is 0 Å². The van der Waals surface area contributed by atoms with Crippen molar-refractivity contribution in [1.29, 1.82) is 0 Å². The third-order valence-corrected chi connectivity index (χ3v) is 10.6. The van der Waals surface area contributed by atoms with Crippen LogP contribution in [0.4, 0.5) is 0 Å². The average Bonchev–Trinajstić information content (AvgIpc) is 3.68. The maximum absolute atomic E-state index is 5.30. The van der Waals surface area contributed by atoms with Crippen molar-refractivity contribution in [1.82, 2.24) is 24.9 Å². The summed E-state index contributed by atoms with van der Waals surface area (Å²) in [6, 6.07) is 60.5. The van der Waals surface area contributed by atoms with E-state index < -0.39 is 0 Å². The highest BCUT2D eigenvalue weighted by atomic mass is 32.1. The standard InChI is InChI=1S/C47H29N5S/c1-4-14-30(15-5-1)44-50-45(31-16-6-2-7-17-31)52-46(51-44)36-27-34(33-24-25-41-42(29-33)53-47(49-41)32-18-8-3-9-19-32)26-35(28-36)43-39-22-11-10-20-37(39)38-21-12-13-23-40(38)48-43/h1-29H. The van der Waals surface area contributed by atoms with E-state index in [-0.39, 0.29) is 0 Å². The Morgan fingerprint density at radius 1 is 0.302 bits per heavy atom. The third-order valence-electron chi connectivity index (χ3n) is 9.52. The number of rotatable bonds is 6. The highest BCUT2D eigenvalue weighted by Gasteiger charge is 2.18. The summed E-state index contributed by atoms with van der Waals surface area (Å²) in [6.45, 7) is 0. The first-order valence-electron chi connectivity index (χ1n) is 17.5. The van der Waals surface area contributed by atoms with Gasteiger partial charge in [-0.15, -0.1) is 11.3 Å². The predicted molar refractivity (Wildman–Crippen MR) is 218 cm³/mol. The zero-order valence-corrected chi connectivity index (χ0v) is 29.2. The lowest BCUT2D eigenvalue weighted by atomic mass is 9.94. The molecule has 0 unspecified atom stereocenters. The molecule has 0 bridgehead atoms. The summed E-state index contributed by atoms with van der Waals surface area (Å²) < 4.78 is 1.13. The number of pyridine rings is 1. The molecule has 7 aromatic carbocycles. The summed E-state index contributed by atoms with van der Waals surface area (Å²) in [5.74, 6) is 1.83. The highest BCUT2D eigenvalue weighted by Crippen LogP contribution is 2.39. The smallest absolute Gasteiger partial charge is 0.164 e. The Hall–Kier alpha value is -6.89. The minimum atomic E-state index is 0.594. The van der Waals surface area contributed by atoms with Crippen molar-refractivity contribution in [2.24, 2.45) is 0 Å². The lowest BCUT2D eigenvalue weighted by Gasteiger charge is -2.14. The Balaban J connectivity index is 1.22. The van der Waals surface area contributed by atoms with E-state index in [0.717, 1.165) is 81.5 Å². The molecule has 0 atom stereocenters. The zero-order chi connectivity index (χ0) is 35.1. The lowest BCUT2D eigenvalue weighted by molar-refractivity contribution is 1.07. The van der Waals surface area contributed by atoms with Crippen LogP contribution in [0.1, 0.15) is 0 Å². The van der Waals surface area contributed by atoms with Crippen LogP contribution >= 0.6 is 11.3 Å². The Morgan fingerprint density at radius 2 is 0.830 bits per heavy atom.